The van der Waals surface area contributed by atoms with Crippen molar-refractivity contribution in [2.45, 2.75) is 64.1 Å². The van der Waals surface area contributed by atoms with E-state index in [2.05, 4.69) is 51.7 Å². The zero-order chi connectivity index (χ0) is 23.3. The standard InChI is InChI=1S/C27H34N6O/c1-19-4-7-22(8-5-19)31-27-29-17-24(26(32-27)30-21-9-11-23(34)12-10-21)25-13-6-20(16-28-25)18-33-14-2-3-15-33/h4-8,13,16-17,21,23,34H,2-3,9-12,14-15,18H2,1H3,(H2,29,30,31,32). The van der Waals surface area contributed by atoms with E-state index in [1.165, 1.54) is 37.1 Å². The molecule has 7 heteroatoms. The van der Waals surface area contributed by atoms with Gasteiger partial charge < -0.3 is 15.7 Å². The Kier molecular flexibility index (Phi) is 7.02. The number of benzene rings is 1. The number of nitrogens with one attached hydrogen (secondary N) is 2. The van der Waals surface area contributed by atoms with E-state index in [-0.39, 0.29) is 12.1 Å². The van der Waals surface area contributed by atoms with Gasteiger partial charge in [0.1, 0.15) is 5.82 Å². The molecule has 5 rings (SSSR count). The van der Waals surface area contributed by atoms with E-state index in [9.17, 15) is 5.11 Å². The molecule has 1 saturated carbocycles. The molecule has 0 spiro atoms. The average molecular weight is 459 g/mol. The Morgan fingerprint density at radius 3 is 2.41 bits per heavy atom. The summed E-state index contributed by atoms with van der Waals surface area (Å²) in [5.74, 6) is 1.34. The number of hydrogen-bond acceptors (Lipinski definition) is 7. The van der Waals surface area contributed by atoms with Crippen molar-refractivity contribution in [1.82, 2.24) is 19.9 Å². The second-order valence-corrected chi connectivity index (χ2v) is 9.63. The van der Waals surface area contributed by atoms with Crippen molar-refractivity contribution in [2.24, 2.45) is 0 Å². The largest absolute Gasteiger partial charge is 0.393 e. The highest BCUT2D eigenvalue weighted by Gasteiger charge is 2.22. The molecule has 2 fully saturated rings. The van der Waals surface area contributed by atoms with Crippen molar-refractivity contribution in [2.75, 3.05) is 23.7 Å². The maximum absolute atomic E-state index is 9.90. The highest BCUT2D eigenvalue weighted by atomic mass is 16.3. The quantitative estimate of drug-likeness (QED) is 0.464. The highest BCUT2D eigenvalue weighted by Crippen LogP contribution is 2.30. The maximum Gasteiger partial charge on any atom is 0.229 e. The number of pyridine rings is 1. The second kappa shape index (κ2) is 10.5. The number of aromatic nitrogens is 3. The van der Waals surface area contributed by atoms with Gasteiger partial charge >= 0.3 is 0 Å². The summed E-state index contributed by atoms with van der Waals surface area (Å²) < 4.78 is 0. The summed E-state index contributed by atoms with van der Waals surface area (Å²) >= 11 is 0. The Labute approximate surface area is 201 Å². The fourth-order valence-electron chi connectivity index (χ4n) is 4.80. The first-order chi connectivity index (χ1) is 16.6. The third-order valence-corrected chi connectivity index (χ3v) is 6.84. The van der Waals surface area contributed by atoms with Crippen LogP contribution in [-0.2, 0) is 6.54 Å². The molecule has 1 aromatic carbocycles. The summed E-state index contributed by atoms with van der Waals surface area (Å²) in [5, 5.41) is 16.8. The topological polar surface area (TPSA) is 86.2 Å². The van der Waals surface area contributed by atoms with Crippen LogP contribution in [0.4, 0.5) is 17.5 Å². The van der Waals surface area contributed by atoms with Gasteiger partial charge in [-0.15, -0.1) is 0 Å². The van der Waals surface area contributed by atoms with E-state index in [0.29, 0.717) is 5.95 Å². The van der Waals surface area contributed by atoms with Crippen LogP contribution in [0.3, 0.4) is 0 Å². The van der Waals surface area contributed by atoms with Gasteiger partial charge in [0.15, 0.2) is 0 Å². The molecular formula is C27H34N6O. The summed E-state index contributed by atoms with van der Waals surface area (Å²) in [6.45, 7) is 5.38. The van der Waals surface area contributed by atoms with Crippen LogP contribution >= 0.6 is 0 Å². The SMILES string of the molecule is Cc1ccc(Nc2ncc(-c3ccc(CN4CCCC4)cn3)c(NC3CCC(O)CC3)n2)cc1. The molecule has 0 bridgehead atoms. The van der Waals surface area contributed by atoms with E-state index in [1.54, 1.807) is 0 Å². The monoisotopic (exact) mass is 458 g/mol. The number of aliphatic hydroxyl groups excluding tert-OH is 1. The lowest BCUT2D eigenvalue weighted by Gasteiger charge is -2.27. The number of anilines is 3. The predicted octanol–water partition coefficient (Wildman–Crippen LogP) is 4.90. The summed E-state index contributed by atoms with van der Waals surface area (Å²) in [6.07, 6.45) is 9.70. The molecule has 0 amide bonds. The van der Waals surface area contributed by atoms with Crippen LogP contribution in [0, 0.1) is 6.92 Å². The molecule has 3 heterocycles. The van der Waals surface area contributed by atoms with Crippen molar-refractivity contribution < 1.29 is 5.11 Å². The van der Waals surface area contributed by atoms with Crippen molar-refractivity contribution >= 4 is 17.5 Å². The fourth-order valence-corrected chi connectivity index (χ4v) is 4.80. The third kappa shape index (κ3) is 5.72. The van der Waals surface area contributed by atoms with E-state index in [1.807, 2.05) is 24.5 Å². The van der Waals surface area contributed by atoms with Crippen LogP contribution in [0.25, 0.3) is 11.3 Å². The molecular weight excluding hydrogens is 424 g/mol. The van der Waals surface area contributed by atoms with Crippen LogP contribution in [0.1, 0.15) is 49.7 Å². The van der Waals surface area contributed by atoms with Gasteiger partial charge in [0, 0.05) is 30.7 Å². The molecule has 0 radical (unpaired) electrons. The van der Waals surface area contributed by atoms with Crippen molar-refractivity contribution in [3.05, 3.63) is 59.9 Å². The molecule has 2 aliphatic rings. The molecule has 34 heavy (non-hydrogen) atoms. The van der Waals surface area contributed by atoms with Gasteiger partial charge in [0.25, 0.3) is 0 Å². The van der Waals surface area contributed by atoms with Gasteiger partial charge in [-0.2, -0.15) is 4.98 Å². The Hall–Kier alpha value is -3.03. The van der Waals surface area contributed by atoms with Crippen molar-refractivity contribution in [3.8, 4) is 11.3 Å². The average Bonchev–Trinajstić information content (AvgIpc) is 3.36. The third-order valence-electron chi connectivity index (χ3n) is 6.84. The smallest absolute Gasteiger partial charge is 0.229 e. The first-order valence-corrected chi connectivity index (χ1v) is 12.5. The predicted molar refractivity (Wildman–Crippen MR) is 136 cm³/mol. The molecule has 0 unspecified atom stereocenters. The van der Waals surface area contributed by atoms with Gasteiger partial charge in [-0.3, -0.25) is 9.88 Å². The Morgan fingerprint density at radius 1 is 0.941 bits per heavy atom. The molecule has 1 saturated heterocycles. The zero-order valence-corrected chi connectivity index (χ0v) is 19.9. The lowest BCUT2D eigenvalue weighted by atomic mass is 9.93. The Bertz CT molecular complexity index is 1070. The summed E-state index contributed by atoms with van der Waals surface area (Å²) in [6, 6.07) is 12.7. The second-order valence-electron chi connectivity index (χ2n) is 9.63. The first kappa shape index (κ1) is 22.7. The van der Waals surface area contributed by atoms with Crippen molar-refractivity contribution in [3.63, 3.8) is 0 Å². The number of aryl methyl sites for hydroxylation is 1. The van der Waals surface area contributed by atoms with Gasteiger partial charge in [-0.25, -0.2) is 4.98 Å². The van der Waals surface area contributed by atoms with E-state index >= 15 is 0 Å². The van der Waals surface area contributed by atoms with Crippen LogP contribution < -0.4 is 10.6 Å². The minimum Gasteiger partial charge on any atom is -0.393 e. The molecule has 3 aromatic rings. The summed E-state index contributed by atoms with van der Waals surface area (Å²) in [5.41, 5.74) is 5.16. The number of hydrogen-bond donors (Lipinski definition) is 3. The molecule has 3 N–H and O–H groups in total. The van der Waals surface area contributed by atoms with Crippen molar-refractivity contribution in [1.29, 1.82) is 0 Å². The summed E-state index contributed by atoms with van der Waals surface area (Å²) in [4.78, 5) is 16.7. The number of rotatable bonds is 7. The van der Waals surface area contributed by atoms with Crippen LogP contribution in [-0.4, -0.2) is 50.2 Å². The van der Waals surface area contributed by atoms with Gasteiger partial charge in [0.05, 0.1) is 17.4 Å². The lowest BCUT2D eigenvalue weighted by molar-refractivity contribution is 0.126. The highest BCUT2D eigenvalue weighted by molar-refractivity contribution is 5.73. The minimum atomic E-state index is -0.188. The van der Waals surface area contributed by atoms with Gasteiger partial charge in [-0.1, -0.05) is 23.8 Å². The van der Waals surface area contributed by atoms with Gasteiger partial charge in [-0.05, 0) is 82.3 Å². The molecule has 2 aromatic heterocycles. The molecule has 178 valence electrons. The zero-order valence-electron chi connectivity index (χ0n) is 19.9. The number of aliphatic hydroxyl groups is 1. The number of likely N-dealkylation sites (tertiary alicyclic amines) is 1. The lowest BCUT2D eigenvalue weighted by Crippen LogP contribution is -2.29. The fraction of sp³-hybridized carbons (Fsp3) is 0.444. The minimum absolute atomic E-state index is 0.188. The van der Waals surface area contributed by atoms with Gasteiger partial charge in [0.2, 0.25) is 5.95 Å². The molecule has 0 atom stereocenters. The molecule has 1 aliphatic heterocycles. The number of nitrogens with zero attached hydrogens (tertiary/aromatic N) is 4. The normalized spacial score (nSPS) is 20.9. The maximum atomic E-state index is 9.90. The van der Waals surface area contributed by atoms with Crippen LogP contribution in [0.2, 0.25) is 0 Å². The Balaban J connectivity index is 1.38. The van der Waals surface area contributed by atoms with E-state index in [0.717, 1.165) is 55.0 Å². The molecule has 1 aliphatic carbocycles. The first-order valence-electron chi connectivity index (χ1n) is 12.5. The summed E-state index contributed by atoms with van der Waals surface area (Å²) in [7, 11) is 0. The van der Waals surface area contributed by atoms with Crippen LogP contribution in [0.5, 0.6) is 0 Å². The van der Waals surface area contributed by atoms with E-state index < -0.39 is 0 Å². The Morgan fingerprint density at radius 2 is 1.71 bits per heavy atom. The van der Waals surface area contributed by atoms with E-state index in [4.69, 9.17) is 9.97 Å². The molecule has 7 nitrogen and oxygen atoms in total. The van der Waals surface area contributed by atoms with Crippen LogP contribution in [0.15, 0.2) is 48.8 Å².